The van der Waals surface area contributed by atoms with Crippen LogP contribution in [0.25, 0.3) is 11.1 Å². The number of fused-ring (bicyclic) bond motifs is 1. The van der Waals surface area contributed by atoms with Gasteiger partial charge in [0, 0.05) is 46.9 Å². The van der Waals surface area contributed by atoms with E-state index in [1.165, 1.54) is 24.3 Å². The molecule has 164 valence electrons. The van der Waals surface area contributed by atoms with Crippen molar-refractivity contribution in [1.29, 1.82) is 0 Å². The first-order valence-electron chi connectivity index (χ1n) is 9.98. The number of benzene rings is 2. The van der Waals surface area contributed by atoms with Crippen LogP contribution in [0.2, 0.25) is 0 Å². The second-order valence-corrected chi connectivity index (χ2v) is 7.80. The molecule has 6 nitrogen and oxygen atoms in total. The normalized spacial score (nSPS) is 12.9. The van der Waals surface area contributed by atoms with Crippen LogP contribution in [-0.2, 0) is 18.5 Å². The topological polar surface area (TPSA) is 71.9 Å². The van der Waals surface area contributed by atoms with Gasteiger partial charge in [-0.2, -0.15) is 0 Å². The van der Waals surface area contributed by atoms with E-state index in [-0.39, 0.29) is 48.1 Å². The zero-order valence-corrected chi connectivity index (χ0v) is 17.7. The number of halogens is 2. The van der Waals surface area contributed by atoms with E-state index < -0.39 is 17.0 Å². The molecule has 1 aliphatic heterocycles. The highest BCUT2D eigenvalue weighted by atomic mass is 19.1. The molecule has 10 heteroatoms. The number of aromatic nitrogens is 1. The standard InChI is InChI=1S/C23H18B2F2N2O4/c1-29(10-20-13(11-30)3-2-6-28-20)9-16-18(26)7-14(8-19(16)27)15-4-5-17(23(24,25)31)22-21(15)32-12-33-22/h2-8,11,31H,9-10,12H2,1H3. The maximum atomic E-state index is 15.0. The lowest BCUT2D eigenvalue weighted by Crippen LogP contribution is -2.26. The molecule has 0 bridgehead atoms. The van der Waals surface area contributed by atoms with E-state index in [0.29, 0.717) is 23.1 Å². The molecule has 1 N–H and O–H groups in total. The number of carbonyl (C=O) groups is 1. The van der Waals surface area contributed by atoms with Gasteiger partial charge in [0.15, 0.2) is 17.8 Å². The van der Waals surface area contributed by atoms with Crippen LogP contribution < -0.4 is 9.47 Å². The minimum absolute atomic E-state index is 0.0448. The third-order valence-corrected chi connectivity index (χ3v) is 5.30. The van der Waals surface area contributed by atoms with Crippen molar-refractivity contribution in [3.8, 4) is 22.6 Å². The third kappa shape index (κ3) is 4.62. The van der Waals surface area contributed by atoms with Crippen molar-refractivity contribution in [2.75, 3.05) is 13.8 Å². The Hall–Kier alpha value is -3.23. The smallest absolute Gasteiger partial charge is 0.231 e. The number of aldehydes is 1. The van der Waals surface area contributed by atoms with Gasteiger partial charge in [0.25, 0.3) is 0 Å². The molecule has 0 amide bonds. The Morgan fingerprint density at radius 1 is 1.15 bits per heavy atom. The highest BCUT2D eigenvalue weighted by Crippen LogP contribution is 2.46. The van der Waals surface area contributed by atoms with Gasteiger partial charge in [-0.05, 0) is 36.9 Å². The Kier molecular flexibility index (Phi) is 6.23. The van der Waals surface area contributed by atoms with Gasteiger partial charge < -0.3 is 14.6 Å². The minimum atomic E-state index is -2.17. The first kappa shape index (κ1) is 22.9. The molecule has 0 unspecified atom stereocenters. The molecule has 33 heavy (non-hydrogen) atoms. The predicted octanol–water partition coefficient (Wildman–Crippen LogP) is 2.64. The Morgan fingerprint density at radius 2 is 1.85 bits per heavy atom. The van der Waals surface area contributed by atoms with E-state index in [2.05, 4.69) is 4.98 Å². The van der Waals surface area contributed by atoms with Crippen LogP contribution in [0.3, 0.4) is 0 Å². The summed E-state index contributed by atoms with van der Waals surface area (Å²) < 4.78 is 40.8. The number of pyridine rings is 1. The van der Waals surface area contributed by atoms with Crippen LogP contribution in [-0.4, -0.2) is 50.8 Å². The summed E-state index contributed by atoms with van der Waals surface area (Å²) in [6, 6.07) is 8.57. The summed E-state index contributed by atoms with van der Waals surface area (Å²) in [5, 5.41) is 7.77. The fraction of sp³-hybridized carbons (Fsp3) is 0.217. The fourth-order valence-corrected chi connectivity index (χ4v) is 3.72. The molecule has 0 fully saturated rings. The summed E-state index contributed by atoms with van der Waals surface area (Å²) in [6.07, 6.45) is 2.25. The van der Waals surface area contributed by atoms with E-state index in [1.54, 1.807) is 30.3 Å². The molecule has 1 aliphatic rings. The Balaban J connectivity index is 1.62. The zero-order valence-electron chi connectivity index (χ0n) is 17.7. The molecule has 4 rings (SSSR count). The summed E-state index contributed by atoms with van der Waals surface area (Å²) in [4.78, 5) is 17.0. The van der Waals surface area contributed by atoms with Gasteiger partial charge in [-0.25, -0.2) is 8.78 Å². The highest BCUT2D eigenvalue weighted by molar-refractivity contribution is 6.38. The second kappa shape index (κ2) is 8.96. The molecule has 4 radical (unpaired) electrons. The average molecular weight is 446 g/mol. The van der Waals surface area contributed by atoms with Crippen LogP contribution in [0.1, 0.15) is 27.2 Å². The molecule has 2 heterocycles. The number of rotatable bonds is 7. The van der Waals surface area contributed by atoms with Crippen molar-refractivity contribution in [2.24, 2.45) is 0 Å². The Labute approximate surface area is 192 Å². The molecule has 2 aromatic carbocycles. The lowest BCUT2D eigenvalue weighted by atomic mass is 9.61. The Bertz CT molecular complexity index is 1190. The summed E-state index contributed by atoms with van der Waals surface area (Å²) in [7, 11) is 12.8. The largest absolute Gasteiger partial charge is 0.453 e. The second-order valence-electron chi connectivity index (χ2n) is 7.80. The summed E-state index contributed by atoms with van der Waals surface area (Å²) in [6.45, 7) is 0.0349. The fourth-order valence-electron chi connectivity index (χ4n) is 3.72. The molecular formula is C23H18B2F2N2O4. The number of carbonyl (C=O) groups excluding carboxylic acids is 1. The average Bonchev–Trinajstić information content (AvgIpc) is 3.25. The van der Waals surface area contributed by atoms with Gasteiger partial charge in [0.05, 0.1) is 5.69 Å². The van der Waals surface area contributed by atoms with Crippen molar-refractivity contribution >= 4 is 22.0 Å². The Morgan fingerprint density at radius 3 is 2.52 bits per heavy atom. The summed E-state index contributed by atoms with van der Waals surface area (Å²) in [5.74, 6) is -1.20. The van der Waals surface area contributed by atoms with E-state index in [4.69, 9.17) is 25.2 Å². The van der Waals surface area contributed by atoms with Crippen molar-refractivity contribution in [2.45, 2.75) is 18.5 Å². The van der Waals surface area contributed by atoms with Crippen LogP contribution in [0.4, 0.5) is 8.78 Å². The van der Waals surface area contributed by atoms with Gasteiger partial charge >= 0.3 is 0 Å². The van der Waals surface area contributed by atoms with Crippen molar-refractivity contribution < 1.29 is 28.2 Å². The van der Waals surface area contributed by atoms with E-state index >= 15 is 0 Å². The molecule has 3 aromatic rings. The van der Waals surface area contributed by atoms with Crippen LogP contribution in [0, 0.1) is 11.6 Å². The zero-order chi connectivity index (χ0) is 23.8. The number of nitrogens with zero attached hydrogens (tertiary/aromatic N) is 2. The summed E-state index contributed by atoms with van der Waals surface area (Å²) >= 11 is 0. The maximum Gasteiger partial charge on any atom is 0.231 e. The van der Waals surface area contributed by atoms with Gasteiger partial charge in [-0.15, -0.1) is 0 Å². The van der Waals surface area contributed by atoms with Crippen LogP contribution in [0.15, 0.2) is 42.6 Å². The third-order valence-electron chi connectivity index (χ3n) is 5.30. The molecule has 0 aliphatic carbocycles. The molecule has 0 saturated heterocycles. The summed E-state index contributed by atoms with van der Waals surface area (Å²) in [5.41, 5.74) is 1.46. The van der Waals surface area contributed by atoms with Gasteiger partial charge in [-0.3, -0.25) is 14.7 Å². The van der Waals surface area contributed by atoms with E-state index in [1.807, 2.05) is 0 Å². The van der Waals surface area contributed by atoms with E-state index in [0.717, 1.165) is 0 Å². The molecule has 0 saturated carbocycles. The minimum Gasteiger partial charge on any atom is -0.453 e. The maximum absolute atomic E-state index is 15.0. The quantitative estimate of drug-likeness (QED) is 0.445. The van der Waals surface area contributed by atoms with Crippen molar-refractivity contribution in [1.82, 2.24) is 9.88 Å². The molecule has 0 atom stereocenters. The molecule has 1 aromatic heterocycles. The van der Waals surface area contributed by atoms with Crippen molar-refractivity contribution in [3.05, 3.63) is 76.6 Å². The van der Waals surface area contributed by atoms with Gasteiger partial charge in [0.2, 0.25) is 6.79 Å². The van der Waals surface area contributed by atoms with Crippen molar-refractivity contribution in [3.63, 3.8) is 0 Å². The first-order chi connectivity index (χ1) is 15.7. The monoisotopic (exact) mass is 446 g/mol. The molecular weight excluding hydrogens is 428 g/mol. The lowest BCUT2D eigenvalue weighted by molar-refractivity contribution is 0.112. The van der Waals surface area contributed by atoms with Crippen LogP contribution >= 0.6 is 0 Å². The molecule has 0 spiro atoms. The first-order valence-corrected chi connectivity index (χ1v) is 9.98. The predicted molar refractivity (Wildman–Crippen MR) is 118 cm³/mol. The number of ether oxygens (including phenoxy) is 2. The number of aliphatic hydroxyl groups is 1. The van der Waals surface area contributed by atoms with E-state index in [9.17, 15) is 18.7 Å². The van der Waals surface area contributed by atoms with Crippen LogP contribution in [0.5, 0.6) is 11.5 Å². The van der Waals surface area contributed by atoms with Gasteiger partial charge in [0.1, 0.15) is 27.3 Å². The van der Waals surface area contributed by atoms with Gasteiger partial charge in [-0.1, -0.05) is 12.1 Å². The highest BCUT2D eigenvalue weighted by Gasteiger charge is 2.29. The SMILES string of the molecule is [B]C([B])(O)c1ccc(-c2cc(F)c(CN(C)Cc3ncccc3C=O)c(F)c2)c2c1OCO2. The lowest BCUT2D eigenvalue weighted by Gasteiger charge is -2.22. The number of hydrogen-bond donors (Lipinski definition) is 1. The number of hydrogen-bond acceptors (Lipinski definition) is 6.